The zero-order valence-corrected chi connectivity index (χ0v) is 49.7. The summed E-state index contributed by atoms with van der Waals surface area (Å²) >= 11 is 0. The monoisotopic (exact) mass is 1200 g/mol. The van der Waals surface area contributed by atoms with Gasteiger partial charge in [0.05, 0.1) is 6.04 Å². The molecule has 28 nitrogen and oxygen atoms in total. The van der Waals surface area contributed by atoms with Crippen molar-refractivity contribution in [1.82, 2.24) is 47.5 Å². The second kappa shape index (κ2) is 38.7. The number of rotatable bonds is 42. The number of guanidine groups is 1. The number of carboxylic acid groups (broad SMARTS) is 1. The summed E-state index contributed by atoms with van der Waals surface area (Å²) in [5.74, 6) is -8.86. The molecule has 0 fully saturated rings. The molecule has 2 aromatic carbocycles. The van der Waals surface area contributed by atoms with E-state index >= 15 is 0 Å². The van der Waals surface area contributed by atoms with E-state index in [1.54, 1.807) is 50.4 Å². The van der Waals surface area contributed by atoms with Crippen LogP contribution in [-0.4, -0.2) is 156 Å². The molecule has 3 rings (SSSR count). The first kappa shape index (κ1) is 72.1. The first-order valence-electron chi connectivity index (χ1n) is 29.4. The van der Waals surface area contributed by atoms with Gasteiger partial charge in [-0.2, -0.15) is 0 Å². The number of aliphatic carboxylic acids is 1. The van der Waals surface area contributed by atoms with Crippen LogP contribution in [0.2, 0.25) is 0 Å². The molecule has 24 N–H and O–H groups in total. The van der Waals surface area contributed by atoms with E-state index in [0.717, 1.165) is 10.9 Å². The van der Waals surface area contributed by atoms with Gasteiger partial charge in [-0.15, -0.1) is 0 Å². The van der Waals surface area contributed by atoms with E-state index in [0.29, 0.717) is 62.6 Å². The third-order valence-electron chi connectivity index (χ3n) is 14.1. The zero-order valence-electron chi connectivity index (χ0n) is 49.7. The Kier molecular flexibility index (Phi) is 32.4. The van der Waals surface area contributed by atoms with Crippen molar-refractivity contribution in [1.29, 1.82) is 0 Å². The number of unbranched alkanes of at least 4 members (excludes halogenated alkanes) is 3. The summed E-state index contributed by atoms with van der Waals surface area (Å²) in [4.78, 5) is 144. The summed E-state index contributed by atoms with van der Waals surface area (Å²) in [6, 6.07) is 4.33. The van der Waals surface area contributed by atoms with Gasteiger partial charge in [0.2, 0.25) is 53.2 Å². The summed E-state index contributed by atoms with van der Waals surface area (Å²) < 4.78 is 0. The molecular weight excluding hydrogens is 1110 g/mol. The van der Waals surface area contributed by atoms with Crippen LogP contribution >= 0.6 is 0 Å². The molecule has 0 unspecified atom stereocenters. The molecule has 28 heteroatoms. The van der Waals surface area contributed by atoms with Crippen molar-refractivity contribution in [2.75, 3.05) is 26.2 Å². The lowest BCUT2D eigenvalue weighted by Gasteiger charge is -2.28. The molecule has 0 spiro atoms. The Bertz CT molecular complexity index is 2700. The first-order valence-corrected chi connectivity index (χ1v) is 29.4. The number of H-pyrrole nitrogens is 1. The topological polar surface area (TPSA) is 497 Å². The average molecular weight is 1200 g/mol. The summed E-state index contributed by atoms with van der Waals surface area (Å²) in [6.45, 7) is 5.85. The maximum absolute atomic E-state index is 14.4. The Morgan fingerprint density at radius 3 is 1.47 bits per heavy atom. The lowest BCUT2D eigenvalue weighted by molar-refractivity contribution is -0.142. The van der Waals surface area contributed by atoms with E-state index in [9.17, 15) is 53.1 Å². The number of amides is 9. The Morgan fingerprint density at radius 2 is 0.942 bits per heavy atom. The maximum Gasteiger partial charge on any atom is 0.326 e. The average Bonchev–Trinajstić information content (AvgIpc) is 3.46. The maximum atomic E-state index is 14.4. The predicted octanol–water partition coefficient (Wildman–Crippen LogP) is -1.98. The molecule has 1 heterocycles. The number of fused-ring (bicyclic) bond motifs is 1. The van der Waals surface area contributed by atoms with Crippen LogP contribution in [0.3, 0.4) is 0 Å². The van der Waals surface area contributed by atoms with Gasteiger partial charge in [0, 0.05) is 42.9 Å². The fourth-order valence-corrected chi connectivity index (χ4v) is 9.29. The number of benzene rings is 2. The van der Waals surface area contributed by atoms with Crippen molar-refractivity contribution in [3.05, 3.63) is 71.9 Å². The van der Waals surface area contributed by atoms with Gasteiger partial charge in [-0.05, 0) is 127 Å². The highest BCUT2D eigenvalue weighted by molar-refractivity contribution is 5.98. The smallest absolute Gasteiger partial charge is 0.326 e. The van der Waals surface area contributed by atoms with Crippen LogP contribution in [0.1, 0.15) is 122 Å². The third-order valence-corrected chi connectivity index (χ3v) is 14.1. The van der Waals surface area contributed by atoms with Gasteiger partial charge in [-0.25, -0.2) is 4.79 Å². The van der Waals surface area contributed by atoms with Gasteiger partial charge in [0.15, 0.2) is 5.96 Å². The molecule has 0 bridgehead atoms. The molecule has 0 aliphatic heterocycles. The van der Waals surface area contributed by atoms with Crippen molar-refractivity contribution in [2.24, 2.45) is 51.0 Å². The van der Waals surface area contributed by atoms with Gasteiger partial charge >= 0.3 is 5.97 Å². The number of carbonyl (C=O) groups is 10. The van der Waals surface area contributed by atoms with Crippen molar-refractivity contribution in [3.63, 3.8) is 0 Å². The normalized spacial score (nSPS) is 14.3. The fourth-order valence-electron chi connectivity index (χ4n) is 9.29. The number of aromatic amines is 1. The highest BCUT2D eigenvalue weighted by Gasteiger charge is 2.35. The van der Waals surface area contributed by atoms with Gasteiger partial charge in [-0.3, -0.25) is 48.1 Å². The zero-order chi connectivity index (χ0) is 63.7. The van der Waals surface area contributed by atoms with E-state index < -0.39 is 120 Å². The van der Waals surface area contributed by atoms with Crippen molar-refractivity contribution >= 4 is 76.0 Å². The third kappa shape index (κ3) is 26.4. The predicted molar refractivity (Wildman–Crippen MR) is 325 cm³/mol. The number of carboxylic acids is 1. The Labute approximate surface area is 502 Å². The number of hydrogen-bond donors (Lipinski definition) is 17. The number of nitrogens with one attached hydrogen (secondary N) is 9. The minimum atomic E-state index is -1.53. The van der Waals surface area contributed by atoms with Crippen LogP contribution in [0.25, 0.3) is 10.9 Å². The molecule has 9 atom stereocenters. The summed E-state index contributed by atoms with van der Waals surface area (Å²) in [5, 5.41) is 31.9. The standard InChI is InChI=1S/C58H93N17O11/c1-34(2)30-47(57(85)86)75-55(83)45(31-36-16-5-4-6-17-36)74-53(81)43(23-15-29-66-58(64)65)71-52(80)42(22-11-14-28-61)70-54(82)44(24-25-48(63)76)69-49(77)35(3)68-51(79)41(21-10-13-27-60)72-56(84)46(73-50(78)39(62)19-9-12-26-59)32-37-33-67-40-20-8-7-18-38(37)40/h4-8,16-18,20,33-35,39,41-47,67H,9-15,19,21-32,59-62H2,1-3H3,(H2,63,76)(H,68,79)(H,69,77)(H,70,82)(H,71,80)(H,72,84)(H,73,78)(H,74,81)(H,75,83)(H,85,86)(H4,64,65,66)/t35-,39-,41-,42-,43-,44-,45-,46-,47-/m0/s1. The Balaban J connectivity index is 1.90. The molecular formula is C58H93N17O11. The molecule has 86 heavy (non-hydrogen) atoms. The molecule has 0 aliphatic carbocycles. The Morgan fingerprint density at radius 1 is 0.500 bits per heavy atom. The number of aromatic nitrogens is 1. The summed E-state index contributed by atoms with van der Waals surface area (Å²) in [7, 11) is 0. The molecule has 476 valence electrons. The molecule has 3 aromatic rings. The number of carbonyl (C=O) groups excluding carboxylic acids is 9. The molecule has 0 saturated heterocycles. The number of nitrogens with zero attached hydrogens (tertiary/aromatic N) is 1. The largest absolute Gasteiger partial charge is 0.480 e. The molecule has 9 amide bonds. The number of nitrogens with two attached hydrogens (primary N) is 7. The quantitative estimate of drug-likeness (QED) is 0.0166. The van der Waals surface area contributed by atoms with Crippen LogP contribution in [0.5, 0.6) is 0 Å². The van der Waals surface area contributed by atoms with Crippen LogP contribution < -0.4 is 82.7 Å². The van der Waals surface area contributed by atoms with Gasteiger partial charge < -0.3 is 92.8 Å². The molecule has 0 radical (unpaired) electrons. The lowest BCUT2D eigenvalue weighted by Crippen LogP contribution is -2.60. The van der Waals surface area contributed by atoms with Gasteiger partial charge in [0.25, 0.3) is 0 Å². The summed E-state index contributed by atoms with van der Waals surface area (Å²) in [5.41, 5.74) is 42.2. The highest BCUT2D eigenvalue weighted by Crippen LogP contribution is 2.20. The SMILES string of the molecule is CC(C)C[C@H](NC(=O)[C@H](Cc1ccccc1)NC(=O)[C@H](CCCN=C(N)N)NC(=O)[C@H](CCCCN)NC(=O)[C@H](CCC(N)=O)NC(=O)[C@H](C)NC(=O)[C@H](CCCCN)NC(=O)[C@H](Cc1c[nH]c2ccccc12)NC(=O)[C@@H](N)CCCCN)C(=O)O. The number of primary amides is 1. The van der Waals surface area contributed by atoms with Gasteiger partial charge in [0.1, 0.15) is 48.3 Å². The number of para-hydroxylation sites is 1. The number of hydrogen-bond acceptors (Lipinski definition) is 15. The highest BCUT2D eigenvalue weighted by atomic mass is 16.4. The van der Waals surface area contributed by atoms with Crippen LogP contribution in [0.4, 0.5) is 0 Å². The number of aliphatic imine (C=N–C) groups is 1. The van der Waals surface area contributed by atoms with Crippen molar-refractivity contribution < 1.29 is 53.1 Å². The van der Waals surface area contributed by atoms with Crippen LogP contribution in [0, 0.1) is 5.92 Å². The fraction of sp³-hybridized carbons (Fsp3) is 0.569. The summed E-state index contributed by atoms with van der Waals surface area (Å²) in [6.07, 6.45) is 4.17. The van der Waals surface area contributed by atoms with Crippen molar-refractivity contribution in [2.45, 2.75) is 178 Å². The molecule has 1 aromatic heterocycles. The van der Waals surface area contributed by atoms with Gasteiger partial charge in [-0.1, -0.05) is 68.8 Å². The van der Waals surface area contributed by atoms with E-state index in [1.807, 2.05) is 24.3 Å². The molecule has 0 aliphatic rings. The van der Waals surface area contributed by atoms with Crippen LogP contribution in [-0.2, 0) is 60.8 Å². The van der Waals surface area contributed by atoms with E-state index in [4.69, 9.17) is 40.1 Å². The van der Waals surface area contributed by atoms with E-state index in [2.05, 4.69) is 52.5 Å². The first-order chi connectivity index (χ1) is 41.0. The van der Waals surface area contributed by atoms with Crippen LogP contribution in [0.15, 0.2) is 65.8 Å². The van der Waals surface area contributed by atoms with Crippen molar-refractivity contribution in [3.8, 4) is 0 Å². The van der Waals surface area contributed by atoms with E-state index in [-0.39, 0.29) is 82.9 Å². The van der Waals surface area contributed by atoms with E-state index in [1.165, 1.54) is 6.92 Å². The second-order valence-corrected chi connectivity index (χ2v) is 21.8. The second-order valence-electron chi connectivity index (χ2n) is 21.8. The lowest BCUT2D eigenvalue weighted by atomic mass is 10.0. The minimum absolute atomic E-state index is 0.0142. The minimum Gasteiger partial charge on any atom is -0.480 e. The molecule has 0 saturated carbocycles. The Hall–Kier alpha value is -8.21.